The number of anilines is 3. The predicted octanol–water partition coefficient (Wildman–Crippen LogP) is 3.93. The minimum absolute atomic E-state index is 0.151. The molecule has 0 saturated carbocycles. The molecule has 0 unspecified atom stereocenters. The van der Waals surface area contributed by atoms with Crippen LogP contribution in [0.2, 0.25) is 5.02 Å². The first-order valence-electron chi connectivity index (χ1n) is 12.0. The number of nitrogens with one attached hydrogen (secondary N) is 2. The van der Waals surface area contributed by atoms with Crippen molar-refractivity contribution in [3.63, 3.8) is 0 Å². The topological polar surface area (TPSA) is 159 Å². The molecule has 3 aromatic carbocycles. The number of nitrogens with two attached hydrogens (primary N) is 1. The fourth-order valence-electron chi connectivity index (χ4n) is 4.49. The molecule has 4 rings (SSSR count). The van der Waals surface area contributed by atoms with Crippen molar-refractivity contribution in [1.29, 1.82) is 0 Å². The highest BCUT2D eigenvalue weighted by molar-refractivity contribution is 7.92. The van der Waals surface area contributed by atoms with E-state index in [4.69, 9.17) is 22.4 Å². The smallest absolute Gasteiger partial charge is 0.307 e. The average molecular weight is 583 g/mol. The number of aliphatic carboxylic acids is 1. The monoisotopic (exact) mass is 582 g/mol. The summed E-state index contributed by atoms with van der Waals surface area (Å²) in [5, 5.41) is 15.6. The van der Waals surface area contributed by atoms with E-state index in [2.05, 4.69) is 10.6 Å². The minimum Gasteiger partial charge on any atom is -0.481 e. The molecule has 40 heavy (non-hydrogen) atoms. The van der Waals surface area contributed by atoms with Crippen LogP contribution in [-0.4, -0.2) is 43.1 Å². The number of halogens is 1. The van der Waals surface area contributed by atoms with Gasteiger partial charge in [0, 0.05) is 16.3 Å². The van der Waals surface area contributed by atoms with Gasteiger partial charge < -0.3 is 21.5 Å². The van der Waals surface area contributed by atoms with Gasteiger partial charge in [0.1, 0.15) is 5.54 Å². The molecule has 2 amide bonds. The Bertz CT molecular complexity index is 1650. The number of sulfonamides is 1. The second-order valence-electron chi connectivity index (χ2n) is 9.78. The molecule has 208 valence electrons. The van der Waals surface area contributed by atoms with E-state index >= 15 is 0 Å². The number of hydrogen-bond acceptors (Lipinski definition) is 6. The summed E-state index contributed by atoms with van der Waals surface area (Å²) in [7, 11) is -3.87. The van der Waals surface area contributed by atoms with Crippen molar-refractivity contribution >= 4 is 67.7 Å². The fraction of sp³-hybridized carbons (Fsp3) is 0.179. The number of nitrogens with zero attached hydrogens (tertiary/aromatic N) is 1. The highest BCUT2D eigenvalue weighted by Gasteiger charge is 2.39. The van der Waals surface area contributed by atoms with Crippen LogP contribution >= 0.6 is 11.6 Å². The van der Waals surface area contributed by atoms with E-state index < -0.39 is 27.4 Å². The van der Waals surface area contributed by atoms with Gasteiger partial charge in [-0.3, -0.25) is 18.7 Å². The number of carboxylic acids is 1. The zero-order valence-corrected chi connectivity index (χ0v) is 23.4. The maximum atomic E-state index is 13.1. The van der Waals surface area contributed by atoms with Gasteiger partial charge in [0.25, 0.3) is 5.91 Å². The van der Waals surface area contributed by atoms with Crippen molar-refractivity contribution < 1.29 is 27.9 Å². The lowest BCUT2D eigenvalue weighted by molar-refractivity contribution is -0.136. The maximum Gasteiger partial charge on any atom is 0.307 e. The van der Waals surface area contributed by atoms with E-state index in [1.54, 1.807) is 54.6 Å². The van der Waals surface area contributed by atoms with Gasteiger partial charge in [0.2, 0.25) is 15.9 Å². The predicted molar refractivity (Wildman–Crippen MR) is 155 cm³/mol. The summed E-state index contributed by atoms with van der Waals surface area (Å²) in [6, 6.07) is 18.1. The summed E-state index contributed by atoms with van der Waals surface area (Å²) in [6.07, 6.45) is 0.837. The SMILES string of the molecule is CC(C)(C(N)=O)N(c1ccc(N/C(=C2\C(=O)Nc3cc(Cl)ccc32)c2ccc(CC(=O)O)cc2)cc1)S(C)(=O)=O. The van der Waals surface area contributed by atoms with E-state index in [9.17, 15) is 22.8 Å². The molecule has 0 aromatic heterocycles. The zero-order chi connectivity index (χ0) is 29.4. The Morgan fingerprint density at radius 2 is 1.68 bits per heavy atom. The molecule has 0 saturated heterocycles. The summed E-state index contributed by atoms with van der Waals surface area (Å²) in [5.74, 6) is -2.14. The highest BCUT2D eigenvalue weighted by atomic mass is 35.5. The molecule has 0 bridgehead atoms. The number of fused-ring (bicyclic) bond motifs is 1. The number of hydrogen-bond donors (Lipinski definition) is 4. The third kappa shape index (κ3) is 5.80. The first-order chi connectivity index (χ1) is 18.7. The second-order valence-corrected chi connectivity index (χ2v) is 12.1. The number of rotatable bonds is 9. The molecule has 3 aromatic rings. The Labute approximate surface area is 236 Å². The lowest BCUT2D eigenvalue weighted by Gasteiger charge is -2.35. The molecule has 1 aliphatic heterocycles. The molecule has 0 atom stereocenters. The third-order valence-electron chi connectivity index (χ3n) is 6.39. The summed E-state index contributed by atoms with van der Waals surface area (Å²) >= 11 is 6.12. The molecule has 0 spiro atoms. The van der Waals surface area contributed by atoms with Gasteiger partial charge in [-0.25, -0.2) is 8.42 Å². The summed E-state index contributed by atoms with van der Waals surface area (Å²) in [6.45, 7) is 2.84. The number of carbonyl (C=O) groups is 3. The van der Waals surface area contributed by atoms with Gasteiger partial charge in [-0.1, -0.05) is 41.9 Å². The molecular weight excluding hydrogens is 556 g/mol. The van der Waals surface area contributed by atoms with Crippen LogP contribution in [0.4, 0.5) is 17.1 Å². The number of carboxylic acid groups (broad SMARTS) is 1. The van der Waals surface area contributed by atoms with Crippen molar-refractivity contribution in [2.75, 3.05) is 21.2 Å². The van der Waals surface area contributed by atoms with Crippen LogP contribution in [-0.2, 0) is 30.8 Å². The molecule has 10 nitrogen and oxygen atoms in total. The first-order valence-corrected chi connectivity index (χ1v) is 14.2. The van der Waals surface area contributed by atoms with E-state index in [-0.39, 0.29) is 18.0 Å². The molecule has 1 aliphatic rings. The largest absolute Gasteiger partial charge is 0.481 e. The van der Waals surface area contributed by atoms with E-state index in [1.165, 1.54) is 26.0 Å². The standard InChI is InChI=1S/C28H27ClN4O6S/c1-28(2,27(30)37)33(40(3,38)39)20-11-9-19(10-12-20)31-25(17-6-4-16(5-7-17)14-23(34)35)24-21-13-8-18(29)15-22(21)32-26(24)36/h4-13,15,31H,14H2,1-3H3,(H2,30,37)(H,32,36)(H,34,35)/b25-24-. The van der Waals surface area contributed by atoms with Gasteiger partial charge in [-0.05, 0) is 61.4 Å². The Balaban J connectivity index is 1.80. The normalized spacial score (nSPS) is 14.2. The van der Waals surface area contributed by atoms with Crippen molar-refractivity contribution in [3.8, 4) is 0 Å². The van der Waals surface area contributed by atoms with Crippen molar-refractivity contribution in [3.05, 3.63) is 88.4 Å². The summed E-state index contributed by atoms with van der Waals surface area (Å²) in [4.78, 5) is 36.3. The van der Waals surface area contributed by atoms with Crippen molar-refractivity contribution in [2.24, 2.45) is 5.73 Å². The van der Waals surface area contributed by atoms with Gasteiger partial charge in [0.05, 0.1) is 35.3 Å². The average Bonchev–Trinajstić information content (AvgIpc) is 3.17. The van der Waals surface area contributed by atoms with Gasteiger partial charge in [-0.2, -0.15) is 0 Å². The number of amides is 2. The Morgan fingerprint density at radius 1 is 1.05 bits per heavy atom. The molecule has 5 N–H and O–H groups in total. The molecule has 0 aliphatic carbocycles. The number of benzene rings is 3. The molecule has 0 radical (unpaired) electrons. The van der Waals surface area contributed by atoms with Gasteiger partial charge in [0.15, 0.2) is 0 Å². The second kappa shape index (κ2) is 10.7. The molecule has 0 fully saturated rings. The van der Waals surface area contributed by atoms with E-state index in [1.807, 2.05) is 0 Å². The summed E-state index contributed by atoms with van der Waals surface area (Å²) < 4.78 is 26.1. The lowest BCUT2D eigenvalue weighted by atomic mass is 9.98. The van der Waals surface area contributed by atoms with Crippen molar-refractivity contribution in [2.45, 2.75) is 25.8 Å². The Morgan fingerprint density at radius 3 is 2.23 bits per heavy atom. The van der Waals surface area contributed by atoms with Crippen LogP contribution in [0.1, 0.15) is 30.5 Å². The quantitative estimate of drug-likeness (QED) is 0.278. The first kappa shape index (κ1) is 28.7. The van der Waals surface area contributed by atoms with Crippen LogP contribution in [0.15, 0.2) is 66.7 Å². The zero-order valence-electron chi connectivity index (χ0n) is 21.9. The Kier molecular flexibility index (Phi) is 7.64. The molecular formula is C28H27ClN4O6S. The highest BCUT2D eigenvalue weighted by Crippen LogP contribution is 2.39. The van der Waals surface area contributed by atoms with E-state index in [0.29, 0.717) is 44.4 Å². The number of primary amides is 1. The lowest BCUT2D eigenvalue weighted by Crippen LogP contribution is -2.55. The van der Waals surface area contributed by atoms with E-state index in [0.717, 1.165) is 10.6 Å². The molecule has 12 heteroatoms. The maximum absolute atomic E-state index is 13.1. The van der Waals surface area contributed by atoms with Crippen LogP contribution < -0.4 is 20.7 Å². The Hall–Kier alpha value is -4.35. The van der Waals surface area contributed by atoms with Gasteiger partial charge >= 0.3 is 5.97 Å². The van der Waals surface area contributed by atoms with Crippen LogP contribution in [0.3, 0.4) is 0 Å². The number of carbonyl (C=O) groups excluding carboxylic acids is 2. The van der Waals surface area contributed by atoms with Crippen LogP contribution in [0.25, 0.3) is 11.3 Å². The van der Waals surface area contributed by atoms with Crippen LogP contribution in [0, 0.1) is 0 Å². The summed E-state index contributed by atoms with van der Waals surface area (Å²) in [5.41, 5.74) is 7.84. The third-order valence-corrected chi connectivity index (χ3v) is 7.95. The minimum atomic E-state index is -3.87. The fourth-order valence-corrected chi connectivity index (χ4v) is 6.09. The molecule has 1 heterocycles. The van der Waals surface area contributed by atoms with Crippen LogP contribution in [0.5, 0.6) is 0 Å². The van der Waals surface area contributed by atoms with Crippen molar-refractivity contribution in [1.82, 2.24) is 0 Å². The van der Waals surface area contributed by atoms with Gasteiger partial charge in [-0.15, -0.1) is 0 Å².